The van der Waals surface area contributed by atoms with Gasteiger partial charge in [0, 0.05) is 44.6 Å². The fourth-order valence-electron chi connectivity index (χ4n) is 8.50. The van der Waals surface area contributed by atoms with Crippen LogP contribution in [0, 0.1) is 11.8 Å². The van der Waals surface area contributed by atoms with Gasteiger partial charge in [0.2, 0.25) is 5.91 Å². The van der Waals surface area contributed by atoms with Gasteiger partial charge < -0.3 is 90.5 Å². The maximum Gasteiger partial charge on any atom is 0.308 e. The number of rotatable bonds is 5. The number of amides is 1. The Kier molecular flexibility index (Phi) is 25.7. The highest BCUT2D eigenvalue weighted by Crippen LogP contribution is 2.38. The molecule has 3 fully saturated rings. The van der Waals surface area contributed by atoms with E-state index in [2.05, 4.69) is 5.32 Å². The van der Waals surface area contributed by atoms with E-state index in [1.54, 1.807) is 61.6 Å². The molecule has 1 amide bonds. The number of hydrogen-bond acceptors (Lipinski definition) is 19. The van der Waals surface area contributed by atoms with Crippen molar-refractivity contribution in [2.24, 2.45) is 17.6 Å². The van der Waals surface area contributed by atoms with E-state index < -0.39 is 141 Å². The van der Waals surface area contributed by atoms with E-state index in [9.17, 15) is 60.7 Å². The van der Waals surface area contributed by atoms with E-state index in [1.165, 1.54) is 0 Å². The maximum atomic E-state index is 13.9. The highest BCUT2D eigenvalue weighted by Gasteiger charge is 2.50. The summed E-state index contributed by atoms with van der Waals surface area (Å²) in [5.41, 5.74) is 6.02. The van der Waals surface area contributed by atoms with Gasteiger partial charge in [0.05, 0.1) is 112 Å². The van der Waals surface area contributed by atoms with Crippen LogP contribution in [0.15, 0.2) is 85.1 Å². The smallest absolute Gasteiger partial charge is 0.308 e. The molecule has 4 aliphatic heterocycles. The number of fused-ring (bicyclic) bond motifs is 2. The van der Waals surface area contributed by atoms with Crippen molar-refractivity contribution in [3.8, 4) is 0 Å². The zero-order valence-electron chi connectivity index (χ0n) is 40.1. The first-order valence-electron chi connectivity index (χ1n) is 24.2. The molecular formula is C50H78N2O18. The van der Waals surface area contributed by atoms with Gasteiger partial charge in [0.1, 0.15) is 12.2 Å². The number of carbonyl (C=O) groups is 2. The number of esters is 1. The molecule has 70 heavy (non-hydrogen) atoms. The summed E-state index contributed by atoms with van der Waals surface area (Å²) in [5.74, 6) is -5.23. The van der Waals surface area contributed by atoms with Crippen LogP contribution in [0.3, 0.4) is 0 Å². The highest BCUT2D eigenvalue weighted by atomic mass is 16.7. The van der Waals surface area contributed by atoms with Crippen molar-refractivity contribution in [3.05, 3.63) is 85.1 Å². The van der Waals surface area contributed by atoms with E-state index in [0.29, 0.717) is 13.2 Å². The summed E-state index contributed by atoms with van der Waals surface area (Å²) in [6.07, 6.45) is 5.15. The van der Waals surface area contributed by atoms with Crippen molar-refractivity contribution in [1.82, 2.24) is 5.32 Å². The summed E-state index contributed by atoms with van der Waals surface area (Å²) in [6.45, 7) is 4.20. The van der Waals surface area contributed by atoms with Crippen molar-refractivity contribution >= 4 is 11.9 Å². The molecule has 0 aliphatic carbocycles. The third kappa shape index (κ3) is 20.9. The van der Waals surface area contributed by atoms with Crippen LogP contribution in [-0.2, 0) is 38.0 Å². The molecule has 4 aliphatic rings. The molecule has 20 nitrogen and oxygen atoms in total. The Morgan fingerprint density at radius 3 is 1.99 bits per heavy atom. The standard InChI is InChI=1S/C50H78N2O18/c1-31-15-13-11-9-7-5-3-4-6-8-10-12-14-16-36(69-49-47(62)46(51)42(60)30-67-49)25-43-45(48(63)52-28-37-29-65-19-20-66-37)41(59)27-50(64,70-43)26-35(55)23-40(58)38(56)18-17-33(53)22-34(54)24-44(61)68-32(2)21-39(31)57/h3-16,31-43,45-47,49,53-60,62,64H,17-30,51H2,1-2H3,(H,52,63)/b4-3+,7-5+,8-6+,11-9+,12-10+,15-13+,16-14+/t31-,32-,33?,34?,35-,36?,37?,38?,39-,40+,41-,42+,43-,45?,46-,47-,49-,50?/m0/s1. The molecule has 4 rings (SSSR count). The van der Waals surface area contributed by atoms with Crippen molar-refractivity contribution in [2.75, 3.05) is 33.0 Å². The Hall–Kier alpha value is -3.52. The molecule has 0 aromatic carbocycles. The fourth-order valence-corrected chi connectivity index (χ4v) is 8.50. The summed E-state index contributed by atoms with van der Waals surface area (Å²) in [5, 5.41) is 112. The summed E-state index contributed by atoms with van der Waals surface area (Å²) in [7, 11) is 0. The molecular weight excluding hydrogens is 917 g/mol. The third-order valence-corrected chi connectivity index (χ3v) is 12.5. The number of aliphatic hydroxyl groups is 10. The monoisotopic (exact) mass is 995 g/mol. The van der Waals surface area contributed by atoms with Gasteiger partial charge in [-0.15, -0.1) is 0 Å². The number of nitrogens with two attached hydrogens (primary N) is 1. The van der Waals surface area contributed by atoms with Gasteiger partial charge in [-0.2, -0.15) is 0 Å². The molecule has 0 spiro atoms. The van der Waals surface area contributed by atoms with E-state index in [0.717, 1.165) is 0 Å². The topological polar surface area (TPSA) is 330 Å². The zero-order valence-corrected chi connectivity index (χ0v) is 40.1. The van der Waals surface area contributed by atoms with E-state index in [1.807, 2.05) is 37.3 Å². The van der Waals surface area contributed by atoms with Crippen LogP contribution >= 0.6 is 0 Å². The maximum absolute atomic E-state index is 13.9. The minimum Gasteiger partial charge on any atom is -0.462 e. The fraction of sp³-hybridized carbons (Fsp3) is 0.680. The third-order valence-electron chi connectivity index (χ3n) is 12.5. The van der Waals surface area contributed by atoms with Crippen LogP contribution in [0.1, 0.15) is 71.6 Å². The number of nitrogens with one attached hydrogen (secondary N) is 1. The van der Waals surface area contributed by atoms with E-state index in [-0.39, 0.29) is 57.8 Å². The predicted octanol–water partition coefficient (Wildman–Crippen LogP) is -0.476. The normalized spacial score (nSPS) is 43.3. The van der Waals surface area contributed by atoms with Crippen molar-refractivity contribution in [2.45, 2.75) is 169 Å². The van der Waals surface area contributed by atoms with Gasteiger partial charge in [0.25, 0.3) is 0 Å². The minimum absolute atomic E-state index is 0.0377. The number of aliphatic hydroxyl groups excluding tert-OH is 9. The lowest BCUT2D eigenvalue weighted by Gasteiger charge is -2.45. The number of cyclic esters (lactones) is 1. The Morgan fingerprint density at radius 1 is 0.700 bits per heavy atom. The van der Waals surface area contributed by atoms with Crippen molar-refractivity contribution in [1.29, 1.82) is 0 Å². The first-order chi connectivity index (χ1) is 33.3. The van der Waals surface area contributed by atoms with E-state index >= 15 is 0 Å². The second-order valence-electron chi connectivity index (χ2n) is 18.7. The molecule has 4 heterocycles. The molecule has 396 valence electrons. The van der Waals surface area contributed by atoms with Crippen molar-refractivity contribution < 1.29 is 89.1 Å². The molecule has 0 aromatic heterocycles. The van der Waals surface area contributed by atoms with Gasteiger partial charge >= 0.3 is 5.97 Å². The molecule has 2 bridgehead atoms. The molecule has 7 unspecified atom stereocenters. The van der Waals surface area contributed by atoms with Crippen LogP contribution in [0.25, 0.3) is 0 Å². The molecule has 0 aromatic rings. The zero-order chi connectivity index (χ0) is 51.2. The van der Waals surface area contributed by atoms with Crippen LogP contribution in [0.4, 0.5) is 0 Å². The summed E-state index contributed by atoms with van der Waals surface area (Å²) in [4.78, 5) is 26.4. The number of carbonyl (C=O) groups excluding carboxylic acids is 2. The first kappa shape index (κ1) is 59.0. The first-order valence-corrected chi connectivity index (χ1v) is 24.2. The molecule has 0 radical (unpaired) electrons. The average molecular weight is 995 g/mol. The lowest BCUT2D eigenvalue weighted by Crippen LogP contribution is -2.60. The number of allylic oxidation sites excluding steroid dienone is 12. The van der Waals surface area contributed by atoms with Gasteiger partial charge in [-0.25, -0.2) is 0 Å². The highest BCUT2D eigenvalue weighted by molar-refractivity contribution is 5.80. The van der Waals surface area contributed by atoms with Gasteiger partial charge in [0.15, 0.2) is 12.1 Å². The Labute approximate surface area is 410 Å². The number of hydrogen-bond donors (Lipinski definition) is 12. The second-order valence-corrected chi connectivity index (χ2v) is 18.7. The van der Waals surface area contributed by atoms with Crippen LogP contribution in [0.2, 0.25) is 0 Å². The second kappa shape index (κ2) is 30.5. The molecule has 18 atom stereocenters. The van der Waals surface area contributed by atoms with Crippen LogP contribution in [0.5, 0.6) is 0 Å². The Balaban J connectivity index is 1.57. The largest absolute Gasteiger partial charge is 0.462 e. The van der Waals surface area contributed by atoms with E-state index in [4.69, 9.17) is 34.2 Å². The summed E-state index contributed by atoms with van der Waals surface area (Å²) < 4.78 is 34.5. The molecule has 0 saturated carbocycles. The van der Waals surface area contributed by atoms with Gasteiger partial charge in [-0.3, -0.25) is 9.59 Å². The molecule has 3 saturated heterocycles. The Morgan fingerprint density at radius 2 is 1.34 bits per heavy atom. The average Bonchev–Trinajstić information content (AvgIpc) is 3.29. The lowest BCUT2D eigenvalue weighted by atomic mass is 9.82. The number of ether oxygens (including phenoxy) is 6. The van der Waals surface area contributed by atoms with Gasteiger partial charge in [-0.1, -0.05) is 92.0 Å². The quantitative estimate of drug-likeness (QED) is 0.155. The van der Waals surface area contributed by atoms with Crippen molar-refractivity contribution in [3.63, 3.8) is 0 Å². The summed E-state index contributed by atoms with van der Waals surface area (Å²) in [6, 6.07) is -1.12. The van der Waals surface area contributed by atoms with Crippen LogP contribution in [-0.4, -0.2) is 193 Å². The SMILES string of the molecule is C[C@H]1C[C@H](O)[C@@H](C)/C=C/C=C/C=C/C=C/C=C/C=C/C=C/C(O[C@@H]2OC[C@@H](O)[C@H](N)[C@@H]2O)C[C@@H]2OC(O)(C[C@@H](O)C[C@@H](O)C(O)CCC(O)CC(O)CC(=O)O1)C[C@H](O)C2C(=O)NCC1COCCO1. The molecule has 20 heteroatoms. The Bertz CT molecular complexity index is 1770. The summed E-state index contributed by atoms with van der Waals surface area (Å²) >= 11 is 0. The lowest BCUT2D eigenvalue weighted by molar-refractivity contribution is -0.304. The minimum atomic E-state index is -2.29. The molecule has 13 N–H and O–H groups in total. The predicted molar refractivity (Wildman–Crippen MR) is 254 cm³/mol. The van der Waals surface area contributed by atoms with Gasteiger partial charge in [-0.05, 0) is 26.2 Å². The van der Waals surface area contributed by atoms with Crippen LogP contribution < -0.4 is 11.1 Å².